The Morgan fingerprint density at radius 3 is 2.33 bits per heavy atom. The van der Waals surface area contributed by atoms with Gasteiger partial charge in [0.25, 0.3) is 10.2 Å². The summed E-state index contributed by atoms with van der Waals surface area (Å²) in [6, 6.07) is -0.863. The largest absolute Gasteiger partial charge is 0.480 e. The molecule has 0 saturated carbocycles. The average Bonchev–Trinajstić information content (AvgIpc) is 2.48. The molecule has 0 bridgehead atoms. The summed E-state index contributed by atoms with van der Waals surface area (Å²) in [6.07, 6.45) is 6.55. The summed E-state index contributed by atoms with van der Waals surface area (Å²) in [5, 5.41) is 9.32. The molecule has 0 aromatic rings. The maximum Gasteiger partial charge on any atom is 0.322 e. The summed E-state index contributed by atoms with van der Waals surface area (Å²) >= 11 is 0. The van der Waals surface area contributed by atoms with Crippen LogP contribution in [0.5, 0.6) is 0 Å². The summed E-state index contributed by atoms with van der Waals surface area (Å²) in [5.74, 6) is -1.03. The van der Waals surface area contributed by atoms with Crippen LogP contribution in [0.25, 0.3) is 0 Å². The molecule has 0 aromatic carbocycles. The van der Waals surface area contributed by atoms with E-state index in [0.717, 1.165) is 44.9 Å². The molecule has 2 unspecified atom stereocenters. The lowest BCUT2D eigenvalue weighted by Gasteiger charge is -2.41. The SMILES string of the molecule is CCCC1CCCCN1S(=O)(=O)N1CCCCC1C(=O)O. The van der Waals surface area contributed by atoms with Crippen molar-refractivity contribution in [2.75, 3.05) is 13.1 Å². The van der Waals surface area contributed by atoms with Gasteiger partial charge in [0.2, 0.25) is 0 Å². The third-order valence-corrected chi connectivity index (χ3v) is 6.63. The minimum Gasteiger partial charge on any atom is -0.480 e. The van der Waals surface area contributed by atoms with Gasteiger partial charge < -0.3 is 5.11 Å². The van der Waals surface area contributed by atoms with Crippen molar-refractivity contribution in [2.45, 2.75) is 70.4 Å². The van der Waals surface area contributed by atoms with Gasteiger partial charge in [0.1, 0.15) is 6.04 Å². The van der Waals surface area contributed by atoms with Gasteiger partial charge >= 0.3 is 5.97 Å². The predicted molar refractivity (Wildman–Crippen MR) is 80.2 cm³/mol. The molecule has 2 aliphatic heterocycles. The van der Waals surface area contributed by atoms with Gasteiger partial charge in [0.05, 0.1) is 0 Å². The first-order chi connectivity index (χ1) is 9.98. The Kier molecular flexibility index (Phi) is 5.62. The summed E-state index contributed by atoms with van der Waals surface area (Å²) in [6.45, 7) is 2.91. The van der Waals surface area contributed by atoms with Gasteiger partial charge in [0, 0.05) is 19.1 Å². The van der Waals surface area contributed by atoms with Crippen LogP contribution in [0, 0.1) is 0 Å². The molecule has 6 nitrogen and oxygen atoms in total. The second kappa shape index (κ2) is 7.07. The van der Waals surface area contributed by atoms with Crippen LogP contribution in [0.1, 0.15) is 58.3 Å². The van der Waals surface area contributed by atoms with Crippen molar-refractivity contribution < 1.29 is 18.3 Å². The van der Waals surface area contributed by atoms with Crippen LogP contribution < -0.4 is 0 Å². The van der Waals surface area contributed by atoms with Crippen LogP contribution in [-0.2, 0) is 15.0 Å². The van der Waals surface area contributed by atoms with E-state index in [2.05, 4.69) is 6.92 Å². The van der Waals surface area contributed by atoms with E-state index < -0.39 is 22.2 Å². The molecule has 2 saturated heterocycles. The van der Waals surface area contributed by atoms with Crippen LogP contribution in [0.4, 0.5) is 0 Å². The van der Waals surface area contributed by atoms with Gasteiger partial charge in [-0.25, -0.2) is 0 Å². The van der Waals surface area contributed by atoms with Crippen LogP contribution in [0.2, 0.25) is 0 Å². The van der Waals surface area contributed by atoms with E-state index in [-0.39, 0.29) is 6.04 Å². The zero-order valence-corrected chi connectivity index (χ0v) is 13.5. The molecule has 2 heterocycles. The molecule has 0 radical (unpaired) electrons. The van der Waals surface area contributed by atoms with E-state index in [1.165, 1.54) is 4.31 Å². The molecule has 7 heteroatoms. The van der Waals surface area contributed by atoms with E-state index in [0.29, 0.717) is 19.5 Å². The molecular formula is C14H26N2O4S. The lowest BCUT2D eigenvalue weighted by molar-refractivity contribution is -0.142. The highest BCUT2D eigenvalue weighted by molar-refractivity contribution is 7.86. The number of rotatable bonds is 5. The predicted octanol–water partition coefficient (Wildman–Crippen LogP) is 1.82. The maximum absolute atomic E-state index is 12.9. The van der Waals surface area contributed by atoms with Crippen molar-refractivity contribution in [3.63, 3.8) is 0 Å². The highest BCUT2D eigenvalue weighted by Gasteiger charge is 2.42. The zero-order valence-electron chi connectivity index (χ0n) is 12.7. The van der Waals surface area contributed by atoms with E-state index >= 15 is 0 Å². The topological polar surface area (TPSA) is 77.9 Å². The molecule has 2 fully saturated rings. The molecule has 2 aliphatic rings. The lowest BCUT2D eigenvalue weighted by Crippen LogP contribution is -2.56. The first-order valence-electron chi connectivity index (χ1n) is 8.00. The molecule has 1 N–H and O–H groups in total. The highest BCUT2D eigenvalue weighted by atomic mass is 32.2. The van der Waals surface area contributed by atoms with Crippen molar-refractivity contribution in [1.29, 1.82) is 0 Å². The number of aliphatic carboxylic acids is 1. The molecule has 0 amide bonds. The molecule has 0 aromatic heterocycles. The maximum atomic E-state index is 12.9. The minimum atomic E-state index is -3.66. The molecule has 122 valence electrons. The summed E-state index contributed by atoms with van der Waals surface area (Å²) in [4.78, 5) is 11.4. The van der Waals surface area contributed by atoms with Gasteiger partial charge in [-0.3, -0.25) is 4.79 Å². The fourth-order valence-corrected chi connectivity index (χ4v) is 5.56. The van der Waals surface area contributed by atoms with Crippen molar-refractivity contribution in [1.82, 2.24) is 8.61 Å². The Morgan fingerprint density at radius 1 is 1.10 bits per heavy atom. The van der Waals surface area contributed by atoms with Crippen molar-refractivity contribution in [3.05, 3.63) is 0 Å². The normalized spacial score (nSPS) is 29.4. The number of hydrogen-bond donors (Lipinski definition) is 1. The number of piperidine rings is 2. The monoisotopic (exact) mass is 318 g/mol. The van der Waals surface area contributed by atoms with Gasteiger partial charge in [-0.15, -0.1) is 0 Å². The minimum absolute atomic E-state index is 0.0325. The first kappa shape index (κ1) is 16.7. The highest BCUT2D eigenvalue weighted by Crippen LogP contribution is 2.29. The molecule has 0 aliphatic carbocycles. The smallest absolute Gasteiger partial charge is 0.322 e. The quantitative estimate of drug-likeness (QED) is 0.839. The fraction of sp³-hybridized carbons (Fsp3) is 0.929. The molecule has 21 heavy (non-hydrogen) atoms. The number of nitrogens with zero attached hydrogens (tertiary/aromatic N) is 2. The Balaban J connectivity index is 2.23. The molecular weight excluding hydrogens is 292 g/mol. The van der Waals surface area contributed by atoms with Gasteiger partial charge in [-0.05, 0) is 38.5 Å². The van der Waals surface area contributed by atoms with Gasteiger partial charge in [-0.1, -0.05) is 19.8 Å². The van der Waals surface area contributed by atoms with Crippen LogP contribution in [-0.4, -0.2) is 53.3 Å². The fourth-order valence-electron chi connectivity index (χ4n) is 3.46. The van der Waals surface area contributed by atoms with E-state index in [1.54, 1.807) is 4.31 Å². The summed E-state index contributed by atoms with van der Waals surface area (Å²) in [5.41, 5.74) is 0. The summed E-state index contributed by atoms with van der Waals surface area (Å²) in [7, 11) is -3.66. The van der Waals surface area contributed by atoms with Crippen LogP contribution in [0.3, 0.4) is 0 Å². The molecule has 0 spiro atoms. The van der Waals surface area contributed by atoms with Crippen molar-refractivity contribution in [2.24, 2.45) is 0 Å². The number of carbonyl (C=O) groups is 1. The van der Waals surface area contributed by atoms with Gasteiger partial charge in [-0.2, -0.15) is 17.0 Å². The van der Waals surface area contributed by atoms with E-state index in [4.69, 9.17) is 0 Å². The Hall–Kier alpha value is -0.660. The second-order valence-corrected chi connectivity index (χ2v) is 7.85. The third-order valence-electron chi connectivity index (χ3n) is 4.53. The number of carboxylic acids is 1. The zero-order chi connectivity index (χ0) is 15.5. The van der Waals surface area contributed by atoms with E-state index in [9.17, 15) is 18.3 Å². The Bertz CT molecular complexity index is 464. The van der Waals surface area contributed by atoms with Crippen LogP contribution >= 0.6 is 0 Å². The average molecular weight is 318 g/mol. The molecule has 2 atom stereocenters. The van der Waals surface area contributed by atoms with Crippen LogP contribution in [0.15, 0.2) is 0 Å². The standard InChI is InChI=1S/C14H26N2O4S/c1-2-7-12-8-3-5-10-15(12)21(19,20)16-11-6-4-9-13(16)14(17)18/h12-13H,2-11H2,1H3,(H,17,18). The summed E-state index contributed by atoms with van der Waals surface area (Å²) < 4.78 is 28.7. The Morgan fingerprint density at radius 2 is 1.71 bits per heavy atom. The van der Waals surface area contributed by atoms with Gasteiger partial charge in [0.15, 0.2) is 0 Å². The lowest BCUT2D eigenvalue weighted by atomic mass is 10.0. The molecule has 2 rings (SSSR count). The third kappa shape index (κ3) is 3.57. The van der Waals surface area contributed by atoms with Crippen molar-refractivity contribution >= 4 is 16.2 Å². The van der Waals surface area contributed by atoms with E-state index in [1.807, 2.05) is 0 Å². The Labute approximate surface area is 127 Å². The second-order valence-electron chi connectivity index (χ2n) is 6.02. The number of hydrogen-bond acceptors (Lipinski definition) is 3. The van der Waals surface area contributed by atoms with Crippen molar-refractivity contribution in [3.8, 4) is 0 Å². The number of carboxylic acid groups (broad SMARTS) is 1. The first-order valence-corrected chi connectivity index (χ1v) is 9.39.